The minimum atomic E-state index is -1.18. The van der Waals surface area contributed by atoms with Crippen molar-refractivity contribution in [2.75, 3.05) is 19.7 Å². The Morgan fingerprint density at radius 2 is 1.98 bits per heavy atom. The Balaban J connectivity index is 1.01. The van der Waals surface area contributed by atoms with Crippen LogP contribution in [-0.2, 0) is 29.3 Å². The first-order chi connectivity index (χ1) is 21.0. The van der Waals surface area contributed by atoms with Crippen LogP contribution in [0.5, 0.6) is 5.88 Å². The Hall–Kier alpha value is -3.84. The Kier molecular flexibility index (Phi) is 7.83. The number of fused-ring (bicyclic) bond motifs is 1. The summed E-state index contributed by atoms with van der Waals surface area (Å²) in [6.07, 6.45) is 3.71. The van der Waals surface area contributed by atoms with Gasteiger partial charge in [-0.3, -0.25) is 9.88 Å². The van der Waals surface area contributed by atoms with E-state index in [0.717, 1.165) is 68.1 Å². The average Bonchev–Trinajstić information content (AvgIpc) is 3.57. The normalized spacial score (nSPS) is 20.9. The lowest BCUT2D eigenvalue weighted by atomic mass is 9.93. The smallest absolute Gasteiger partial charge is 0.305 e. The fraction of sp³-hybridized carbons (Fsp3) is 0.400. The summed E-state index contributed by atoms with van der Waals surface area (Å²) in [5.74, 6) is 1.72. The first-order valence-corrected chi connectivity index (χ1v) is 14.8. The van der Waals surface area contributed by atoms with Crippen LogP contribution in [0.2, 0.25) is 5.02 Å². The largest absolute Gasteiger partial charge is 0.473 e. The van der Waals surface area contributed by atoms with Crippen LogP contribution in [0.25, 0.3) is 11.0 Å². The zero-order valence-electron chi connectivity index (χ0n) is 23.3. The number of hydrogen-bond donors (Lipinski definition) is 2. The van der Waals surface area contributed by atoms with Gasteiger partial charge in [-0.1, -0.05) is 28.9 Å². The number of nitrogens with one attached hydrogen (secondary N) is 1. The summed E-state index contributed by atoms with van der Waals surface area (Å²) in [5, 5.41) is 16.5. The molecule has 3 aromatic heterocycles. The maximum atomic E-state index is 14.2. The zero-order valence-corrected chi connectivity index (χ0v) is 24.1. The third kappa shape index (κ3) is 6.14. The summed E-state index contributed by atoms with van der Waals surface area (Å²) in [4.78, 5) is 21.5. The number of halogens is 2. The molecule has 3 aliphatic heterocycles. The predicted molar refractivity (Wildman–Crippen MR) is 156 cm³/mol. The third-order valence-electron chi connectivity index (χ3n) is 8.15. The molecule has 11 nitrogen and oxygen atoms in total. The molecule has 0 saturated carbocycles. The molecule has 2 saturated heterocycles. The van der Waals surface area contributed by atoms with Gasteiger partial charge in [0.1, 0.15) is 23.9 Å². The lowest BCUT2D eigenvalue weighted by Gasteiger charge is -2.32. The number of piperidine rings is 1. The quantitative estimate of drug-likeness (QED) is 0.292. The minimum Gasteiger partial charge on any atom is -0.473 e. The number of nitrogens with zero attached hydrogens (tertiary/aromatic N) is 6. The highest BCUT2D eigenvalue weighted by Crippen LogP contribution is 2.30. The van der Waals surface area contributed by atoms with Crippen molar-refractivity contribution < 1.29 is 23.8 Å². The number of ether oxygens (including phenoxy) is 2. The lowest BCUT2D eigenvalue weighted by molar-refractivity contribution is -0.0896. The van der Waals surface area contributed by atoms with Crippen molar-refractivity contribution in [3.63, 3.8) is 0 Å². The first-order valence-electron chi connectivity index (χ1n) is 14.4. The van der Waals surface area contributed by atoms with E-state index in [1.807, 2.05) is 18.2 Å². The molecule has 13 heteroatoms. The number of aromatic nitrogens is 4. The van der Waals surface area contributed by atoms with Gasteiger partial charge in [0.2, 0.25) is 5.88 Å². The predicted octanol–water partition coefficient (Wildman–Crippen LogP) is 3.92. The molecule has 224 valence electrons. The number of benzene rings is 1. The molecule has 0 radical (unpaired) electrons. The molecule has 0 amide bonds. The van der Waals surface area contributed by atoms with Gasteiger partial charge in [0.15, 0.2) is 5.84 Å². The molecule has 4 aromatic rings. The standard InChI is InChI=1S/C30H31ClFN7O4/c31-20-5-4-19(22(32)12-20)17-42-28-3-1-2-23(35-28)18-6-9-38(10-7-18)16-27-34-24-13-25(29-36-30(40)43-37-29)33-14-26(24)39(27)15-21-8-11-41-21/h1-5,12-14,18,21,30,40H,6-11,15-17H2,(H,36,37). The van der Waals surface area contributed by atoms with Crippen LogP contribution < -0.4 is 10.1 Å². The van der Waals surface area contributed by atoms with Gasteiger partial charge in [-0.15, -0.1) is 0 Å². The van der Waals surface area contributed by atoms with Crippen LogP contribution in [0.3, 0.4) is 0 Å². The maximum absolute atomic E-state index is 14.2. The highest BCUT2D eigenvalue weighted by Gasteiger charge is 2.27. The molecule has 1 aromatic carbocycles. The molecule has 2 unspecified atom stereocenters. The van der Waals surface area contributed by atoms with Crippen molar-refractivity contribution in [1.82, 2.24) is 29.7 Å². The van der Waals surface area contributed by atoms with Crippen LogP contribution in [0.15, 0.2) is 53.8 Å². The van der Waals surface area contributed by atoms with Crippen molar-refractivity contribution >= 4 is 28.5 Å². The molecule has 7 rings (SSSR count). The molecule has 43 heavy (non-hydrogen) atoms. The van der Waals surface area contributed by atoms with E-state index >= 15 is 0 Å². The summed E-state index contributed by atoms with van der Waals surface area (Å²) < 4.78 is 27.9. The maximum Gasteiger partial charge on any atom is 0.305 e. The minimum absolute atomic E-state index is 0.0855. The van der Waals surface area contributed by atoms with Gasteiger partial charge >= 0.3 is 6.41 Å². The average molecular weight is 608 g/mol. The highest BCUT2D eigenvalue weighted by molar-refractivity contribution is 6.30. The fourth-order valence-electron chi connectivity index (χ4n) is 5.67. The number of oxime groups is 1. The zero-order chi connectivity index (χ0) is 29.3. The van der Waals surface area contributed by atoms with Crippen LogP contribution >= 0.6 is 11.6 Å². The van der Waals surface area contributed by atoms with Crippen LogP contribution in [0, 0.1) is 5.82 Å². The van der Waals surface area contributed by atoms with Crippen molar-refractivity contribution in [2.24, 2.45) is 5.16 Å². The number of aliphatic hydroxyl groups excluding tert-OH is 1. The Morgan fingerprint density at radius 3 is 2.72 bits per heavy atom. The molecule has 0 aliphatic carbocycles. The SMILES string of the molecule is OC1NC(c2cc3nc(CN4CCC(c5cccc(OCc6ccc(Cl)cc6F)n5)CC4)n(CC4CCO4)c3cn2)=NO1. The third-order valence-corrected chi connectivity index (χ3v) is 8.38. The van der Waals surface area contributed by atoms with Gasteiger partial charge in [0.05, 0.1) is 36.4 Å². The second-order valence-corrected chi connectivity index (χ2v) is 11.4. The van der Waals surface area contributed by atoms with Crippen molar-refractivity contribution in [3.05, 3.63) is 82.3 Å². The van der Waals surface area contributed by atoms with Gasteiger partial charge in [-0.25, -0.2) is 14.4 Å². The first kappa shape index (κ1) is 28.0. The number of aliphatic hydroxyl groups is 1. The summed E-state index contributed by atoms with van der Waals surface area (Å²) >= 11 is 5.86. The second kappa shape index (κ2) is 12.0. The molecule has 3 aliphatic rings. The molecule has 2 fully saturated rings. The van der Waals surface area contributed by atoms with E-state index in [9.17, 15) is 9.50 Å². The number of rotatable bonds is 9. The summed E-state index contributed by atoms with van der Waals surface area (Å²) in [6.45, 7) is 4.09. The molecule has 0 bridgehead atoms. The molecule has 2 atom stereocenters. The topological polar surface area (TPSA) is 119 Å². The number of likely N-dealkylation sites (tertiary alicyclic amines) is 1. The fourth-order valence-corrected chi connectivity index (χ4v) is 5.83. The Labute approximate surface area is 252 Å². The molecule has 6 heterocycles. The van der Waals surface area contributed by atoms with Crippen LogP contribution in [0.4, 0.5) is 4.39 Å². The van der Waals surface area contributed by atoms with E-state index in [-0.39, 0.29) is 12.7 Å². The number of hydrogen-bond acceptors (Lipinski definition) is 10. The second-order valence-electron chi connectivity index (χ2n) is 11.0. The van der Waals surface area contributed by atoms with E-state index in [0.29, 0.717) is 40.5 Å². The molecular weight excluding hydrogens is 577 g/mol. The Morgan fingerprint density at radius 1 is 1.12 bits per heavy atom. The van der Waals surface area contributed by atoms with Gasteiger partial charge in [0.25, 0.3) is 0 Å². The Bertz CT molecular complexity index is 1660. The summed E-state index contributed by atoms with van der Waals surface area (Å²) in [6, 6.07) is 12.2. The van der Waals surface area contributed by atoms with E-state index < -0.39 is 12.2 Å². The lowest BCUT2D eigenvalue weighted by Crippen LogP contribution is -2.35. The van der Waals surface area contributed by atoms with Gasteiger partial charge in [-0.05, 0) is 56.6 Å². The van der Waals surface area contributed by atoms with Gasteiger partial charge in [-0.2, -0.15) is 0 Å². The van der Waals surface area contributed by atoms with E-state index in [2.05, 4.69) is 24.9 Å². The van der Waals surface area contributed by atoms with Gasteiger partial charge in [0, 0.05) is 34.9 Å². The van der Waals surface area contributed by atoms with E-state index in [1.165, 1.54) is 6.07 Å². The summed E-state index contributed by atoms with van der Waals surface area (Å²) in [5.41, 5.74) is 3.71. The van der Waals surface area contributed by atoms with Gasteiger partial charge < -0.3 is 29.3 Å². The number of pyridine rings is 2. The van der Waals surface area contributed by atoms with E-state index in [4.69, 9.17) is 35.9 Å². The van der Waals surface area contributed by atoms with Crippen molar-refractivity contribution in [3.8, 4) is 5.88 Å². The molecule has 2 N–H and O–H groups in total. The molecule has 0 spiro atoms. The monoisotopic (exact) mass is 607 g/mol. The van der Waals surface area contributed by atoms with Crippen LogP contribution in [-0.4, -0.2) is 67.6 Å². The molecular formula is C30H31ClFN7O4. The van der Waals surface area contributed by atoms with Crippen LogP contribution in [0.1, 0.15) is 48.0 Å². The number of imidazole rings is 1. The highest BCUT2D eigenvalue weighted by atomic mass is 35.5. The summed E-state index contributed by atoms with van der Waals surface area (Å²) in [7, 11) is 0. The number of amidine groups is 1. The van der Waals surface area contributed by atoms with Crippen molar-refractivity contribution in [2.45, 2.75) is 57.4 Å². The van der Waals surface area contributed by atoms with Crippen molar-refractivity contribution in [1.29, 1.82) is 0 Å². The van der Waals surface area contributed by atoms with E-state index in [1.54, 1.807) is 24.4 Å².